The maximum Gasteiger partial charge on any atom is 0.186 e. The Morgan fingerprint density at radius 1 is 0.963 bits per heavy atom. The molecule has 0 aliphatic rings. The third kappa shape index (κ3) is 5.01. The number of hydrogen-bond acceptors (Lipinski definition) is 8. The summed E-state index contributed by atoms with van der Waals surface area (Å²) in [6.45, 7) is 3.65. The minimum atomic E-state index is 0.448. The van der Waals surface area contributed by atoms with Crippen molar-refractivity contribution in [3.05, 3.63) is 47.2 Å². The van der Waals surface area contributed by atoms with Gasteiger partial charge in [0.1, 0.15) is 17.2 Å². The molecule has 1 aromatic rings. The van der Waals surface area contributed by atoms with E-state index in [9.17, 15) is 0 Å². The normalized spacial score (nSPS) is 12.9. The zero-order valence-electron chi connectivity index (χ0n) is 17.0. The summed E-state index contributed by atoms with van der Waals surface area (Å²) in [5.74, 6) is 9.03. The summed E-state index contributed by atoms with van der Waals surface area (Å²) < 4.78 is 26.8. The standard InChI is InChI=1S/C19H29N3O5/c1-12(8-17(25-5)13(2)23-3)16(11-20)22(21)15-9-14(24-4)10-18(26-6)19(15)27-7/h8-11H,20-21H2,1-7H3/b12-8+,16-11-,17-13-. The minimum absolute atomic E-state index is 0.448. The van der Waals surface area contributed by atoms with Crippen LogP contribution < -0.4 is 30.8 Å². The lowest BCUT2D eigenvalue weighted by Crippen LogP contribution is -2.32. The van der Waals surface area contributed by atoms with Crippen molar-refractivity contribution in [3.63, 3.8) is 0 Å². The maximum absolute atomic E-state index is 6.37. The molecule has 0 saturated heterocycles. The van der Waals surface area contributed by atoms with Crippen LogP contribution in [0.3, 0.4) is 0 Å². The average molecular weight is 379 g/mol. The first kappa shape index (κ1) is 22.0. The molecule has 8 nitrogen and oxygen atoms in total. The lowest BCUT2D eigenvalue weighted by molar-refractivity contribution is 0.232. The third-order valence-electron chi connectivity index (χ3n) is 3.97. The van der Waals surface area contributed by atoms with Crippen LogP contribution in [0, 0.1) is 0 Å². The van der Waals surface area contributed by atoms with Crippen molar-refractivity contribution >= 4 is 5.69 Å². The van der Waals surface area contributed by atoms with Crippen molar-refractivity contribution in [2.24, 2.45) is 11.6 Å². The van der Waals surface area contributed by atoms with E-state index in [0.29, 0.717) is 40.2 Å². The number of ether oxygens (including phenoxy) is 5. The Labute approximate surface area is 160 Å². The van der Waals surface area contributed by atoms with E-state index in [1.165, 1.54) is 25.4 Å². The molecule has 27 heavy (non-hydrogen) atoms. The Balaban J connectivity index is 3.47. The predicted molar refractivity (Wildman–Crippen MR) is 106 cm³/mol. The van der Waals surface area contributed by atoms with Crippen LogP contribution in [0.1, 0.15) is 13.8 Å². The zero-order valence-corrected chi connectivity index (χ0v) is 17.0. The van der Waals surface area contributed by atoms with Gasteiger partial charge in [-0.05, 0) is 25.5 Å². The second-order valence-corrected chi connectivity index (χ2v) is 5.46. The molecule has 0 heterocycles. The van der Waals surface area contributed by atoms with Crippen LogP contribution in [-0.4, -0.2) is 35.5 Å². The third-order valence-corrected chi connectivity index (χ3v) is 3.97. The average Bonchev–Trinajstić information content (AvgIpc) is 2.70. The number of allylic oxidation sites excluding steroid dienone is 3. The van der Waals surface area contributed by atoms with Crippen LogP contribution in [0.5, 0.6) is 17.2 Å². The molecule has 0 radical (unpaired) electrons. The molecule has 0 aliphatic heterocycles. The maximum atomic E-state index is 6.37. The van der Waals surface area contributed by atoms with Crippen LogP contribution in [0.15, 0.2) is 47.2 Å². The number of nitrogens with zero attached hydrogens (tertiary/aromatic N) is 1. The van der Waals surface area contributed by atoms with Crippen LogP contribution in [0.25, 0.3) is 0 Å². The highest BCUT2D eigenvalue weighted by Gasteiger charge is 2.20. The Morgan fingerprint density at radius 3 is 2.07 bits per heavy atom. The van der Waals surface area contributed by atoms with E-state index in [-0.39, 0.29) is 0 Å². The highest BCUT2D eigenvalue weighted by atomic mass is 16.5. The van der Waals surface area contributed by atoms with Crippen molar-refractivity contribution in [2.75, 3.05) is 40.6 Å². The summed E-state index contributed by atoms with van der Waals surface area (Å²) in [5, 5.41) is 1.39. The Hall–Kier alpha value is -3.00. The number of hydrogen-bond donors (Lipinski definition) is 2. The molecule has 0 fully saturated rings. The molecule has 4 N–H and O–H groups in total. The van der Waals surface area contributed by atoms with Gasteiger partial charge in [0.15, 0.2) is 17.3 Å². The number of anilines is 1. The smallest absolute Gasteiger partial charge is 0.186 e. The van der Waals surface area contributed by atoms with Gasteiger partial charge in [-0.1, -0.05) is 0 Å². The minimum Gasteiger partial charge on any atom is -0.498 e. The Morgan fingerprint density at radius 2 is 1.63 bits per heavy atom. The first-order valence-corrected chi connectivity index (χ1v) is 8.12. The van der Waals surface area contributed by atoms with E-state index in [1.807, 2.05) is 6.92 Å². The van der Waals surface area contributed by atoms with E-state index in [1.54, 1.807) is 46.5 Å². The zero-order chi connectivity index (χ0) is 20.6. The van der Waals surface area contributed by atoms with Gasteiger partial charge in [0.2, 0.25) is 0 Å². The van der Waals surface area contributed by atoms with Crippen LogP contribution in [0.4, 0.5) is 5.69 Å². The number of benzene rings is 1. The first-order valence-electron chi connectivity index (χ1n) is 8.12. The molecule has 150 valence electrons. The van der Waals surface area contributed by atoms with Crippen molar-refractivity contribution in [1.82, 2.24) is 0 Å². The van der Waals surface area contributed by atoms with E-state index >= 15 is 0 Å². The molecule has 1 rings (SSSR count). The quantitative estimate of drug-likeness (QED) is 0.292. The van der Waals surface area contributed by atoms with Gasteiger partial charge >= 0.3 is 0 Å². The fraction of sp³-hybridized carbons (Fsp3) is 0.368. The van der Waals surface area contributed by atoms with Crippen LogP contribution in [-0.2, 0) is 9.47 Å². The SMILES string of the molecule is CO/C(C)=C(/C=C(C)/C(=C/N)N(N)c1cc(OC)cc(OC)c1OC)OC. The second-order valence-electron chi connectivity index (χ2n) is 5.46. The fourth-order valence-corrected chi connectivity index (χ4v) is 2.42. The molecule has 1 aromatic carbocycles. The molecule has 0 unspecified atom stereocenters. The van der Waals surface area contributed by atoms with Crippen LogP contribution >= 0.6 is 0 Å². The summed E-state index contributed by atoms with van der Waals surface area (Å²) in [6, 6.07) is 3.43. The monoisotopic (exact) mass is 379 g/mol. The van der Waals surface area contributed by atoms with E-state index in [0.717, 1.165) is 5.57 Å². The highest BCUT2D eigenvalue weighted by Crippen LogP contribution is 2.42. The largest absolute Gasteiger partial charge is 0.498 e. The molecule has 8 heteroatoms. The predicted octanol–water partition coefficient (Wildman–Crippen LogP) is 2.66. The molecule has 0 amide bonds. The molecule has 0 spiro atoms. The van der Waals surface area contributed by atoms with Gasteiger partial charge in [0.25, 0.3) is 0 Å². The van der Waals surface area contributed by atoms with Crippen LogP contribution in [0.2, 0.25) is 0 Å². The van der Waals surface area contributed by atoms with Gasteiger partial charge in [0.05, 0.1) is 41.2 Å². The molecular formula is C19H29N3O5. The van der Waals surface area contributed by atoms with Gasteiger partial charge < -0.3 is 29.4 Å². The van der Waals surface area contributed by atoms with Crippen molar-refractivity contribution in [2.45, 2.75) is 13.8 Å². The second kappa shape index (κ2) is 10.2. The van der Waals surface area contributed by atoms with Gasteiger partial charge in [-0.15, -0.1) is 0 Å². The first-order chi connectivity index (χ1) is 12.9. The molecule has 0 saturated carbocycles. The topological polar surface area (TPSA) is 101 Å². The summed E-state index contributed by atoms with van der Waals surface area (Å²) in [5.41, 5.74) is 7.65. The molecular weight excluding hydrogens is 350 g/mol. The molecule has 0 bridgehead atoms. The molecule has 0 atom stereocenters. The molecule has 0 aliphatic carbocycles. The highest BCUT2D eigenvalue weighted by molar-refractivity contribution is 5.70. The van der Waals surface area contributed by atoms with Gasteiger partial charge in [-0.3, -0.25) is 5.01 Å². The van der Waals surface area contributed by atoms with Gasteiger partial charge in [-0.2, -0.15) is 0 Å². The lowest BCUT2D eigenvalue weighted by Gasteiger charge is -2.25. The van der Waals surface area contributed by atoms with E-state index in [4.69, 9.17) is 35.3 Å². The van der Waals surface area contributed by atoms with E-state index in [2.05, 4.69) is 0 Å². The summed E-state index contributed by atoms with van der Waals surface area (Å²) in [4.78, 5) is 0. The Kier molecular flexibility index (Phi) is 8.34. The summed E-state index contributed by atoms with van der Waals surface area (Å²) >= 11 is 0. The van der Waals surface area contributed by atoms with Gasteiger partial charge in [0, 0.05) is 18.3 Å². The van der Waals surface area contributed by atoms with Crippen molar-refractivity contribution in [1.29, 1.82) is 0 Å². The van der Waals surface area contributed by atoms with Crippen molar-refractivity contribution < 1.29 is 23.7 Å². The van der Waals surface area contributed by atoms with Crippen molar-refractivity contribution in [3.8, 4) is 17.2 Å². The lowest BCUT2D eigenvalue weighted by atomic mass is 10.1. The summed E-state index contributed by atoms with van der Waals surface area (Å²) in [6.07, 6.45) is 3.17. The number of nitrogens with two attached hydrogens (primary N) is 2. The number of hydrazine groups is 1. The molecule has 0 aromatic heterocycles. The number of methoxy groups -OCH3 is 5. The fourth-order valence-electron chi connectivity index (χ4n) is 2.42. The number of rotatable bonds is 9. The van der Waals surface area contributed by atoms with Gasteiger partial charge in [-0.25, -0.2) is 5.84 Å². The van der Waals surface area contributed by atoms with E-state index < -0.39 is 0 Å². The Bertz CT molecular complexity index is 741. The summed E-state index contributed by atoms with van der Waals surface area (Å²) in [7, 11) is 7.75.